The van der Waals surface area contributed by atoms with Crippen LogP contribution >= 0.6 is 15.9 Å². The lowest BCUT2D eigenvalue weighted by atomic mass is 10.1. The van der Waals surface area contributed by atoms with E-state index >= 15 is 0 Å². The fourth-order valence-electron chi connectivity index (χ4n) is 3.09. The van der Waals surface area contributed by atoms with Crippen LogP contribution < -0.4 is 5.32 Å². The van der Waals surface area contributed by atoms with Crippen molar-refractivity contribution < 1.29 is 4.79 Å². The van der Waals surface area contributed by atoms with Crippen LogP contribution in [0.4, 0.5) is 5.69 Å². The summed E-state index contributed by atoms with van der Waals surface area (Å²) in [5.41, 5.74) is 1.70. The monoisotopic (exact) mass is 294 g/mol. The lowest BCUT2D eigenvalue weighted by Crippen LogP contribution is -2.17. The Balaban J connectivity index is 1.69. The van der Waals surface area contributed by atoms with E-state index in [9.17, 15) is 4.79 Å². The minimum Gasteiger partial charge on any atom is -0.324 e. The summed E-state index contributed by atoms with van der Waals surface area (Å²) >= 11 is 3.32. The summed E-state index contributed by atoms with van der Waals surface area (Å²) in [6.07, 6.45) is 3.78. The first-order valence-electron chi connectivity index (χ1n) is 6.11. The zero-order chi connectivity index (χ0) is 12.0. The summed E-state index contributed by atoms with van der Waals surface area (Å²) in [5, 5.41) is 3.01. The maximum absolute atomic E-state index is 12.1. The molecule has 2 fully saturated rings. The molecule has 1 amide bonds. The molecule has 0 aliphatic heterocycles. The molecule has 1 N–H and O–H groups in total. The normalized spacial score (nSPS) is 29.9. The van der Waals surface area contributed by atoms with Crippen LogP contribution in [0.15, 0.2) is 16.7 Å². The van der Waals surface area contributed by atoms with Crippen molar-refractivity contribution in [3.8, 4) is 0 Å². The molecular weight excluding hydrogens is 280 g/mol. The predicted octanol–water partition coefficient (Wildman–Crippen LogP) is 3.14. The summed E-state index contributed by atoms with van der Waals surface area (Å²) in [7, 11) is 0. The highest BCUT2D eigenvalue weighted by molar-refractivity contribution is 9.10. The average molecular weight is 295 g/mol. The number of fused-ring (bicyclic) bond motifs is 1. The molecular formula is C13H15BrN2O. The van der Waals surface area contributed by atoms with Crippen molar-refractivity contribution in [3.63, 3.8) is 0 Å². The molecule has 2 atom stereocenters. The maximum atomic E-state index is 12.1. The third-order valence-electron chi connectivity index (χ3n) is 4.02. The van der Waals surface area contributed by atoms with Gasteiger partial charge in [0.2, 0.25) is 5.91 Å². The molecule has 0 aromatic carbocycles. The van der Waals surface area contributed by atoms with E-state index < -0.39 is 0 Å². The molecule has 1 aromatic rings. The Morgan fingerprint density at radius 2 is 2.12 bits per heavy atom. The Morgan fingerprint density at radius 3 is 2.76 bits per heavy atom. The van der Waals surface area contributed by atoms with E-state index in [-0.39, 0.29) is 11.8 Å². The number of nitrogens with zero attached hydrogens (tertiary/aromatic N) is 1. The molecule has 2 aliphatic carbocycles. The van der Waals surface area contributed by atoms with Crippen LogP contribution in [-0.2, 0) is 4.79 Å². The molecule has 0 saturated heterocycles. The van der Waals surface area contributed by atoms with E-state index in [4.69, 9.17) is 0 Å². The van der Waals surface area contributed by atoms with Crippen LogP contribution in [-0.4, -0.2) is 10.9 Å². The molecule has 2 aliphatic rings. The summed E-state index contributed by atoms with van der Waals surface area (Å²) in [4.78, 5) is 16.4. The molecule has 0 bridgehead atoms. The van der Waals surface area contributed by atoms with Gasteiger partial charge in [0.15, 0.2) is 0 Å². The molecule has 1 aromatic heterocycles. The highest BCUT2D eigenvalue weighted by Gasteiger charge is 2.56. The van der Waals surface area contributed by atoms with Crippen molar-refractivity contribution in [1.82, 2.24) is 4.98 Å². The second-order valence-electron chi connectivity index (χ2n) is 5.04. The number of nitrogens with one attached hydrogen (secondary N) is 1. The number of amides is 1. The standard InChI is InChI=1S/C13H15BrN2O/c1-7-10(5-6-11(14)15-7)16-13(17)12-8-3-2-4-9(8)12/h5-6,8-9,12H,2-4H2,1H3,(H,16,17). The maximum Gasteiger partial charge on any atom is 0.228 e. The van der Waals surface area contributed by atoms with Crippen LogP contribution in [0.1, 0.15) is 25.0 Å². The molecule has 90 valence electrons. The van der Waals surface area contributed by atoms with Gasteiger partial charge in [0.05, 0.1) is 11.4 Å². The molecule has 0 radical (unpaired) electrons. The van der Waals surface area contributed by atoms with E-state index in [0.29, 0.717) is 11.8 Å². The summed E-state index contributed by atoms with van der Waals surface area (Å²) in [5.74, 6) is 1.79. The lowest BCUT2D eigenvalue weighted by Gasteiger charge is -2.08. The second kappa shape index (κ2) is 4.09. The van der Waals surface area contributed by atoms with Crippen molar-refractivity contribution in [3.05, 3.63) is 22.4 Å². The number of hydrogen-bond donors (Lipinski definition) is 1. The molecule has 17 heavy (non-hydrogen) atoms. The third-order valence-corrected chi connectivity index (χ3v) is 4.46. The summed E-state index contributed by atoms with van der Waals surface area (Å²) in [6.45, 7) is 1.91. The Labute approximate surface area is 109 Å². The third kappa shape index (κ3) is 1.99. The van der Waals surface area contributed by atoms with Crippen molar-refractivity contribution in [2.45, 2.75) is 26.2 Å². The first kappa shape index (κ1) is 11.2. The smallest absolute Gasteiger partial charge is 0.228 e. The fraction of sp³-hybridized carbons (Fsp3) is 0.538. The Kier molecular flexibility index (Phi) is 2.69. The number of aryl methyl sites for hydroxylation is 1. The molecule has 4 heteroatoms. The predicted molar refractivity (Wildman–Crippen MR) is 69.6 cm³/mol. The molecule has 2 saturated carbocycles. The number of rotatable bonds is 2. The number of carbonyl (C=O) groups excluding carboxylic acids is 1. The van der Waals surface area contributed by atoms with Crippen LogP contribution in [0.2, 0.25) is 0 Å². The topological polar surface area (TPSA) is 42.0 Å². The molecule has 3 nitrogen and oxygen atoms in total. The number of hydrogen-bond acceptors (Lipinski definition) is 2. The molecule has 3 rings (SSSR count). The van der Waals surface area contributed by atoms with Gasteiger partial charge in [-0.25, -0.2) is 4.98 Å². The van der Waals surface area contributed by atoms with Gasteiger partial charge in [0.25, 0.3) is 0 Å². The van der Waals surface area contributed by atoms with Gasteiger partial charge in [-0.1, -0.05) is 6.42 Å². The van der Waals surface area contributed by atoms with Gasteiger partial charge in [-0.2, -0.15) is 0 Å². The van der Waals surface area contributed by atoms with Crippen LogP contribution in [0.3, 0.4) is 0 Å². The summed E-state index contributed by atoms with van der Waals surface area (Å²) in [6, 6.07) is 3.76. The molecule has 0 spiro atoms. The van der Waals surface area contributed by atoms with Gasteiger partial charge < -0.3 is 5.32 Å². The van der Waals surface area contributed by atoms with Crippen molar-refractivity contribution in [2.75, 3.05) is 5.32 Å². The number of anilines is 1. The van der Waals surface area contributed by atoms with Gasteiger partial charge in [-0.3, -0.25) is 4.79 Å². The van der Waals surface area contributed by atoms with Crippen molar-refractivity contribution >= 4 is 27.5 Å². The largest absolute Gasteiger partial charge is 0.324 e. The molecule has 2 unspecified atom stereocenters. The SMILES string of the molecule is Cc1nc(Br)ccc1NC(=O)C1C2CCCC21. The van der Waals surface area contributed by atoms with Crippen LogP contribution in [0.25, 0.3) is 0 Å². The quantitative estimate of drug-likeness (QED) is 0.852. The first-order chi connectivity index (χ1) is 8.16. The van der Waals surface area contributed by atoms with Gasteiger partial charge >= 0.3 is 0 Å². The zero-order valence-electron chi connectivity index (χ0n) is 9.74. The van der Waals surface area contributed by atoms with E-state index in [2.05, 4.69) is 26.2 Å². The minimum atomic E-state index is 0.187. The van der Waals surface area contributed by atoms with E-state index in [1.807, 2.05) is 19.1 Å². The highest BCUT2D eigenvalue weighted by atomic mass is 79.9. The van der Waals surface area contributed by atoms with Crippen molar-refractivity contribution in [2.24, 2.45) is 17.8 Å². The van der Waals surface area contributed by atoms with Crippen LogP contribution in [0, 0.1) is 24.7 Å². The number of halogens is 1. The minimum absolute atomic E-state index is 0.187. The highest BCUT2D eigenvalue weighted by Crippen LogP contribution is 2.57. The van der Waals surface area contributed by atoms with Gasteiger partial charge in [-0.05, 0) is 59.7 Å². The molecule has 1 heterocycles. The second-order valence-corrected chi connectivity index (χ2v) is 5.85. The van der Waals surface area contributed by atoms with E-state index in [1.54, 1.807) is 0 Å². The van der Waals surface area contributed by atoms with Crippen molar-refractivity contribution in [1.29, 1.82) is 0 Å². The van der Waals surface area contributed by atoms with Gasteiger partial charge in [0.1, 0.15) is 4.60 Å². The lowest BCUT2D eigenvalue weighted by molar-refractivity contribution is -0.118. The Bertz CT molecular complexity index is 464. The zero-order valence-corrected chi connectivity index (χ0v) is 11.3. The Morgan fingerprint density at radius 1 is 1.41 bits per heavy atom. The average Bonchev–Trinajstić information content (AvgIpc) is 2.77. The number of carbonyl (C=O) groups is 1. The summed E-state index contributed by atoms with van der Waals surface area (Å²) < 4.78 is 0.802. The number of pyridine rings is 1. The first-order valence-corrected chi connectivity index (χ1v) is 6.90. The Hall–Kier alpha value is -0.900. The van der Waals surface area contributed by atoms with Gasteiger partial charge in [0, 0.05) is 5.92 Å². The van der Waals surface area contributed by atoms with E-state index in [1.165, 1.54) is 19.3 Å². The fourth-order valence-corrected chi connectivity index (χ4v) is 3.49. The van der Waals surface area contributed by atoms with E-state index in [0.717, 1.165) is 16.0 Å². The van der Waals surface area contributed by atoms with Crippen LogP contribution in [0.5, 0.6) is 0 Å². The number of aromatic nitrogens is 1. The van der Waals surface area contributed by atoms with Gasteiger partial charge in [-0.15, -0.1) is 0 Å².